The third kappa shape index (κ3) is 5.48. The Morgan fingerprint density at radius 2 is 0.893 bits per heavy atom. The number of aromatic nitrogens is 3. The van der Waals surface area contributed by atoms with Crippen LogP contribution in [-0.4, -0.2) is 15.0 Å². The first-order valence-electron chi connectivity index (χ1n) is 18.7. The van der Waals surface area contributed by atoms with E-state index in [9.17, 15) is 0 Å². The number of rotatable bonds is 6. The van der Waals surface area contributed by atoms with Gasteiger partial charge in [-0.05, 0) is 52.1 Å². The maximum absolute atomic E-state index is 6.62. The number of thiophene rings is 1. The highest BCUT2D eigenvalue weighted by atomic mass is 32.1. The van der Waals surface area contributed by atoms with Gasteiger partial charge in [0.25, 0.3) is 0 Å². The van der Waals surface area contributed by atoms with Crippen molar-refractivity contribution in [1.82, 2.24) is 15.0 Å². The van der Waals surface area contributed by atoms with Crippen LogP contribution in [0.4, 0.5) is 0 Å². The lowest BCUT2D eigenvalue weighted by atomic mass is 9.92. The van der Waals surface area contributed by atoms with Crippen LogP contribution < -0.4 is 0 Å². The summed E-state index contributed by atoms with van der Waals surface area (Å²) in [6.07, 6.45) is 0. The van der Waals surface area contributed by atoms with Crippen molar-refractivity contribution < 1.29 is 4.42 Å². The summed E-state index contributed by atoms with van der Waals surface area (Å²) in [7, 11) is 0. The lowest BCUT2D eigenvalue weighted by Crippen LogP contribution is -2.01. The third-order valence-electron chi connectivity index (χ3n) is 10.6. The molecule has 0 N–H and O–H groups in total. The van der Waals surface area contributed by atoms with Crippen LogP contribution in [-0.2, 0) is 0 Å². The van der Waals surface area contributed by atoms with E-state index in [1.165, 1.54) is 25.7 Å². The topological polar surface area (TPSA) is 51.8 Å². The molecule has 262 valence electrons. The Morgan fingerprint density at radius 3 is 1.70 bits per heavy atom. The summed E-state index contributed by atoms with van der Waals surface area (Å²) in [5.41, 5.74) is 10.9. The lowest BCUT2D eigenvalue weighted by molar-refractivity contribution is 0.670. The Labute approximate surface area is 327 Å². The summed E-state index contributed by atoms with van der Waals surface area (Å²) in [5, 5.41) is 4.67. The van der Waals surface area contributed by atoms with Crippen LogP contribution in [0.15, 0.2) is 192 Å². The molecule has 11 aromatic rings. The van der Waals surface area contributed by atoms with E-state index in [-0.39, 0.29) is 0 Å². The Bertz CT molecular complexity index is 3240. The van der Waals surface area contributed by atoms with Gasteiger partial charge in [-0.3, -0.25) is 0 Å². The second kappa shape index (κ2) is 13.3. The van der Waals surface area contributed by atoms with E-state index in [4.69, 9.17) is 19.4 Å². The van der Waals surface area contributed by atoms with Crippen molar-refractivity contribution in [2.45, 2.75) is 0 Å². The molecule has 0 bridgehead atoms. The molecule has 8 aromatic carbocycles. The van der Waals surface area contributed by atoms with Gasteiger partial charge in [-0.25, -0.2) is 15.0 Å². The highest BCUT2D eigenvalue weighted by molar-refractivity contribution is 7.25. The Morgan fingerprint density at radius 1 is 0.339 bits per heavy atom. The molecule has 0 saturated carbocycles. The smallest absolute Gasteiger partial charge is 0.164 e. The Kier molecular flexibility index (Phi) is 7.64. The van der Waals surface area contributed by atoms with Gasteiger partial charge in [0.05, 0.1) is 0 Å². The molecular formula is C51H31N3OS. The zero-order valence-electron chi connectivity index (χ0n) is 30.1. The van der Waals surface area contributed by atoms with Gasteiger partial charge in [0.1, 0.15) is 11.2 Å². The number of nitrogens with zero attached hydrogens (tertiary/aromatic N) is 3. The molecule has 11 rings (SSSR count). The zero-order chi connectivity index (χ0) is 37.0. The Hall–Kier alpha value is -7.21. The van der Waals surface area contributed by atoms with Gasteiger partial charge in [-0.1, -0.05) is 164 Å². The second-order valence-corrected chi connectivity index (χ2v) is 15.0. The number of hydrogen-bond donors (Lipinski definition) is 0. The van der Waals surface area contributed by atoms with Crippen LogP contribution in [0.2, 0.25) is 0 Å². The number of hydrogen-bond acceptors (Lipinski definition) is 5. The van der Waals surface area contributed by atoms with Crippen molar-refractivity contribution in [3.05, 3.63) is 188 Å². The molecule has 0 fully saturated rings. The maximum atomic E-state index is 6.62. The summed E-state index contributed by atoms with van der Waals surface area (Å²) in [6, 6.07) is 65.6. The number of para-hydroxylation sites is 2. The van der Waals surface area contributed by atoms with Crippen LogP contribution >= 0.6 is 11.3 Å². The average molecular weight is 734 g/mol. The minimum Gasteiger partial charge on any atom is -0.455 e. The summed E-state index contributed by atoms with van der Waals surface area (Å²) in [5.74, 6) is 1.81. The third-order valence-corrected chi connectivity index (χ3v) is 11.7. The molecule has 0 unspecified atom stereocenters. The molecule has 0 aliphatic heterocycles. The monoisotopic (exact) mass is 733 g/mol. The van der Waals surface area contributed by atoms with Gasteiger partial charge in [-0.15, -0.1) is 11.3 Å². The zero-order valence-corrected chi connectivity index (χ0v) is 30.9. The molecule has 0 saturated heterocycles. The molecule has 0 spiro atoms. The predicted molar refractivity (Wildman–Crippen MR) is 233 cm³/mol. The molecule has 3 aromatic heterocycles. The Balaban J connectivity index is 1.17. The fraction of sp³-hybridized carbons (Fsp3) is 0. The van der Waals surface area contributed by atoms with E-state index in [0.29, 0.717) is 17.5 Å². The van der Waals surface area contributed by atoms with E-state index >= 15 is 0 Å². The SMILES string of the molecule is c1ccc(-c2ccc(-c3nc(-c4ccccc4)nc(-c4cc(-c5cccc6sc7ccccc7c56)ccc4-c4cccc5c4oc4ccccc45)n3)cc2)cc1. The van der Waals surface area contributed by atoms with Crippen LogP contribution in [0.1, 0.15) is 0 Å². The molecule has 5 heteroatoms. The van der Waals surface area contributed by atoms with Crippen molar-refractivity contribution in [3.8, 4) is 67.5 Å². The summed E-state index contributed by atoms with van der Waals surface area (Å²) in [4.78, 5) is 15.6. The predicted octanol–water partition coefficient (Wildman–Crippen LogP) is 14.1. The average Bonchev–Trinajstić information content (AvgIpc) is 3.86. The molecule has 0 aliphatic rings. The standard InChI is InChI=1S/C51H31N3OS/c1-3-13-32(14-4-1)33-25-27-35(28-26-33)50-52-49(34-15-5-2-6-16-34)53-51(54-50)43-31-36(37-19-12-24-46-47(37)42-18-8-10-23-45(42)56-46)29-30-38(43)40-20-11-21-41-39-17-7-9-22-44(39)55-48(40)41/h1-31H. The largest absolute Gasteiger partial charge is 0.455 e. The van der Waals surface area contributed by atoms with E-state index in [2.05, 4.69) is 152 Å². The van der Waals surface area contributed by atoms with Gasteiger partial charge in [0.15, 0.2) is 17.5 Å². The van der Waals surface area contributed by atoms with Crippen LogP contribution in [0.25, 0.3) is 110 Å². The normalized spacial score (nSPS) is 11.6. The van der Waals surface area contributed by atoms with E-state index in [0.717, 1.165) is 66.4 Å². The van der Waals surface area contributed by atoms with Crippen molar-refractivity contribution in [2.75, 3.05) is 0 Å². The fourth-order valence-electron chi connectivity index (χ4n) is 7.89. The lowest BCUT2D eigenvalue weighted by Gasteiger charge is -2.15. The van der Waals surface area contributed by atoms with E-state index < -0.39 is 0 Å². The summed E-state index contributed by atoms with van der Waals surface area (Å²) in [6.45, 7) is 0. The van der Waals surface area contributed by atoms with Crippen molar-refractivity contribution in [3.63, 3.8) is 0 Å². The van der Waals surface area contributed by atoms with E-state index in [1.807, 2.05) is 47.7 Å². The van der Waals surface area contributed by atoms with Crippen molar-refractivity contribution >= 4 is 53.4 Å². The van der Waals surface area contributed by atoms with Crippen LogP contribution in [0.5, 0.6) is 0 Å². The van der Waals surface area contributed by atoms with Gasteiger partial charge in [0, 0.05) is 53.2 Å². The molecule has 0 atom stereocenters. The molecule has 0 radical (unpaired) electrons. The molecule has 3 heterocycles. The quantitative estimate of drug-likeness (QED) is 0.171. The number of furan rings is 1. The van der Waals surface area contributed by atoms with Gasteiger partial charge >= 0.3 is 0 Å². The fourth-order valence-corrected chi connectivity index (χ4v) is 9.02. The molecule has 56 heavy (non-hydrogen) atoms. The molecule has 4 nitrogen and oxygen atoms in total. The van der Waals surface area contributed by atoms with Gasteiger partial charge in [0.2, 0.25) is 0 Å². The number of benzene rings is 8. The molecule has 0 amide bonds. The minimum absolute atomic E-state index is 0.591. The van der Waals surface area contributed by atoms with Crippen LogP contribution in [0.3, 0.4) is 0 Å². The first kappa shape index (κ1) is 32.2. The number of fused-ring (bicyclic) bond motifs is 6. The van der Waals surface area contributed by atoms with Gasteiger partial charge in [-0.2, -0.15) is 0 Å². The maximum Gasteiger partial charge on any atom is 0.164 e. The highest BCUT2D eigenvalue weighted by Gasteiger charge is 2.21. The first-order valence-corrected chi connectivity index (χ1v) is 19.5. The summed E-state index contributed by atoms with van der Waals surface area (Å²) >= 11 is 1.83. The summed E-state index contributed by atoms with van der Waals surface area (Å²) < 4.78 is 9.15. The molecule has 0 aliphatic carbocycles. The highest BCUT2D eigenvalue weighted by Crippen LogP contribution is 2.44. The van der Waals surface area contributed by atoms with E-state index in [1.54, 1.807) is 0 Å². The van der Waals surface area contributed by atoms with Gasteiger partial charge < -0.3 is 4.42 Å². The van der Waals surface area contributed by atoms with Crippen molar-refractivity contribution in [1.29, 1.82) is 0 Å². The minimum atomic E-state index is 0.591. The van der Waals surface area contributed by atoms with Crippen LogP contribution in [0, 0.1) is 0 Å². The molecular weight excluding hydrogens is 703 g/mol. The van der Waals surface area contributed by atoms with Crippen molar-refractivity contribution in [2.24, 2.45) is 0 Å². The first-order chi connectivity index (χ1) is 27.7. The second-order valence-electron chi connectivity index (χ2n) is 13.9.